The van der Waals surface area contributed by atoms with Crippen LogP contribution in [0.15, 0.2) is 47.6 Å². The van der Waals surface area contributed by atoms with Crippen LogP contribution >= 0.6 is 24.0 Å². The molecule has 1 saturated carbocycles. The highest BCUT2D eigenvalue weighted by Gasteiger charge is 2.43. The Bertz CT molecular complexity index is 895. The van der Waals surface area contributed by atoms with Gasteiger partial charge in [0, 0.05) is 38.8 Å². The number of ether oxygens (including phenoxy) is 1. The molecule has 2 aliphatic rings. The predicted molar refractivity (Wildman–Crippen MR) is 138 cm³/mol. The largest absolute Gasteiger partial charge is 0.487 e. The van der Waals surface area contributed by atoms with Gasteiger partial charge in [-0.3, -0.25) is 0 Å². The quantitative estimate of drug-likeness (QED) is 0.332. The lowest BCUT2D eigenvalue weighted by Gasteiger charge is -2.40. The van der Waals surface area contributed by atoms with Crippen molar-refractivity contribution in [2.45, 2.75) is 57.2 Å². The number of guanidine groups is 1. The number of aliphatic imine (C=N–C) groups is 1. The van der Waals surface area contributed by atoms with Gasteiger partial charge in [0.05, 0.1) is 12.6 Å². The lowest BCUT2D eigenvalue weighted by Crippen LogP contribution is -2.46. The van der Waals surface area contributed by atoms with E-state index in [1.165, 1.54) is 18.4 Å². The molecule has 1 aliphatic carbocycles. The summed E-state index contributed by atoms with van der Waals surface area (Å²) < 4.78 is 6.51. The second-order valence-electron chi connectivity index (χ2n) is 8.54. The molecule has 1 atom stereocenters. The highest BCUT2D eigenvalue weighted by Crippen LogP contribution is 2.46. The Labute approximate surface area is 202 Å². The molecule has 1 aromatic heterocycles. The molecule has 4 rings (SSSR count). The maximum absolute atomic E-state index is 6.51. The lowest BCUT2D eigenvalue weighted by atomic mass is 9.86. The first-order valence-electron chi connectivity index (χ1n) is 11.0. The molecule has 0 bridgehead atoms. The number of hydrogen-bond donors (Lipinski definition) is 2. The monoisotopic (exact) mass is 535 g/mol. The van der Waals surface area contributed by atoms with Crippen LogP contribution in [0.5, 0.6) is 5.75 Å². The number of rotatable bonds is 5. The SMILES string of the molecule is CCNC(=NCc1ccnc(N(C)C)c1)NC1CC2(CCCC2)Oc2ccccc21.I. The summed E-state index contributed by atoms with van der Waals surface area (Å²) in [6.45, 7) is 3.53. The van der Waals surface area contributed by atoms with Crippen molar-refractivity contribution in [2.24, 2.45) is 4.99 Å². The van der Waals surface area contributed by atoms with E-state index in [2.05, 4.69) is 52.9 Å². The van der Waals surface area contributed by atoms with E-state index >= 15 is 0 Å². The van der Waals surface area contributed by atoms with Crippen LogP contribution in [0, 0.1) is 0 Å². The van der Waals surface area contributed by atoms with Gasteiger partial charge in [-0.05, 0) is 56.4 Å². The van der Waals surface area contributed by atoms with E-state index in [-0.39, 0.29) is 35.6 Å². The van der Waals surface area contributed by atoms with Crippen molar-refractivity contribution in [1.29, 1.82) is 0 Å². The zero-order chi connectivity index (χ0) is 21.0. The Morgan fingerprint density at radius 3 is 2.74 bits per heavy atom. The normalized spacial score (nSPS) is 19.2. The summed E-state index contributed by atoms with van der Waals surface area (Å²) in [6, 6.07) is 12.7. The minimum absolute atomic E-state index is 0. The first-order valence-corrected chi connectivity index (χ1v) is 11.0. The van der Waals surface area contributed by atoms with Crippen LogP contribution < -0.4 is 20.3 Å². The van der Waals surface area contributed by atoms with Crippen LogP contribution in [0.2, 0.25) is 0 Å². The van der Waals surface area contributed by atoms with Gasteiger partial charge in [-0.1, -0.05) is 18.2 Å². The molecule has 1 spiro atoms. The number of fused-ring (bicyclic) bond motifs is 1. The third-order valence-corrected chi connectivity index (χ3v) is 6.05. The lowest BCUT2D eigenvalue weighted by molar-refractivity contribution is 0.0396. The van der Waals surface area contributed by atoms with E-state index in [0.29, 0.717) is 6.54 Å². The molecule has 2 N–H and O–H groups in total. The number of pyridine rings is 1. The first kappa shape index (κ1) is 23.6. The fourth-order valence-corrected chi connectivity index (χ4v) is 4.53. The smallest absolute Gasteiger partial charge is 0.192 e. The number of nitrogens with zero attached hydrogens (tertiary/aromatic N) is 3. The van der Waals surface area contributed by atoms with Crippen LogP contribution in [0.4, 0.5) is 5.82 Å². The van der Waals surface area contributed by atoms with Crippen molar-refractivity contribution < 1.29 is 4.74 Å². The molecule has 1 fully saturated rings. The van der Waals surface area contributed by atoms with Crippen molar-refractivity contribution in [3.05, 3.63) is 53.7 Å². The molecule has 168 valence electrons. The number of halogens is 1. The van der Waals surface area contributed by atoms with Crippen LogP contribution in [-0.2, 0) is 6.54 Å². The summed E-state index contributed by atoms with van der Waals surface area (Å²) in [5, 5.41) is 7.12. The Morgan fingerprint density at radius 2 is 2.00 bits per heavy atom. The maximum Gasteiger partial charge on any atom is 0.192 e. The number of para-hydroxylation sites is 1. The van der Waals surface area contributed by atoms with Gasteiger partial charge in [-0.2, -0.15) is 0 Å². The second kappa shape index (κ2) is 10.5. The molecule has 6 nitrogen and oxygen atoms in total. The molecular formula is C24H34IN5O. The first-order chi connectivity index (χ1) is 14.6. The summed E-state index contributed by atoms with van der Waals surface area (Å²) >= 11 is 0. The summed E-state index contributed by atoms with van der Waals surface area (Å²) in [4.78, 5) is 11.3. The van der Waals surface area contributed by atoms with Gasteiger partial charge in [0.1, 0.15) is 17.2 Å². The Morgan fingerprint density at radius 1 is 1.23 bits per heavy atom. The Hall–Kier alpha value is -2.03. The van der Waals surface area contributed by atoms with E-state index in [0.717, 1.165) is 48.9 Å². The van der Waals surface area contributed by atoms with Crippen molar-refractivity contribution in [2.75, 3.05) is 25.5 Å². The van der Waals surface area contributed by atoms with Gasteiger partial charge in [0.15, 0.2) is 5.96 Å². The number of hydrogen-bond acceptors (Lipinski definition) is 4. The summed E-state index contributed by atoms with van der Waals surface area (Å²) in [5.41, 5.74) is 2.33. The summed E-state index contributed by atoms with van der Waals surface area (Å²) in [6.07, 6.45) is 7.60. The van der Waals surface area contributed by atoms with Gasteiger partial charge in [0.2, 0.25) is 0 Å². The number of nitrogens with one attached hydrogen (secondary N) is 2. The maximum atomic E-state index is 6.51. The zero-order valence-electron chi connectivity index (χ0n) is 18.7. The van der Waals surface area contributed by atoms with Crippen molar-refractivity contribution in [1.82, 2.24) is 15.6 Å². The highest BCUT2D eigenvalue weighted by molar-refractivity contribution is 14.0. The highest BCUT2D eigenvalue weighted by atomic mass is 127. The summed E-state index contributed by atoms with van der Waals surface area (Å²) in [7, 11) is 4.00. The fraction of sp³-hybridized carbons (Fsp3) is 0.500. The Balaban J connectivity index is 0.00000272. The Kier molecular flexibility index (Phi) is 8.02. The molecule has 1 unspecified atom stereocenters. The molecule has 1 aliphatic heterocycles. The van der Waals surface area contributed by atoms with Gasteiger partial charge < -0.3 is 20.3 Å². The van der Waals surface area contributed by atoms with E-state index in [4.69, 9.17) is 9.73 Å². The molecule has 0 saturated heterocycles. The fourth-order valence-electron chi connectivity index (χ4n) is 4.53. The molecule has 0 radical (unpaired) electrons. The minimum atomic E-state index is -0.0327. The van der Waals surface area contributed by atoms with E-state index < -0.39 is 0 Å². The topological polar surface area (TPSA) is 61.8 Å². The van der Waals surface area contributed by atoms with Gasteiger partial charge in [0.25, 0.3) is 0 Å². The van der Waals surface area contributed by atoms with Crippen molar-refractivity contribution >= 4 is 35.8 Å². The second-order valence-corrected chi connectivity index (χ2v) is 8.54. The summed E-state index contributed by atoms with van der Waals surface area (Å²) in [5.74, 6) is 2.81. The molecular weight excluding hydrogens is 501 g/mol. The van der Waals surface area contributed by atoms with Crippen LogP contribution in [0.25, 0.3) is 0 Å². The number of aromatic nitrogens is 1. The standard InChI is InChI=1S/C24H33N5O.HI/c1-4-25-23(27-17-18-11-14-26-22(15-18)29(2)3)28-20-16-24(12-7-8-13-24)30-21-10-6-5-9-19(20)21;/h5-6,9-11,14-15,20H,4,7-8,12-13,16-17H2,1-3H3,(H2,25,27,28);1H. The van der Waals surface area contributed by atoms with Crippen LogP contribution in [0.3, 0.4) is 0 Å². The molecule has 2 heterocycles. The molecule has 0 amide bonds. The van der Waals surface area contributed by atoms with Crippen molar-refractivity contribution in [3.63, 3.8) is 0 Å². The molecule has 7 heteroatoms. The number of benzene rings is 1. The van der Waals surface area contributed by atoms with Crippen molar-refractivity contribution in [3.8, 4) is 5.75 Å². The average molecular weight is 535 g/mol. The minimum Gasteiger partial charge on any atom is -0.487 e. The molecule has 1 aromatic carbocycles. The third-order valence-electron chi connectivity index (χ3n) is 6.05. The van der Waals surface area contributed by atoms with E-state index in [1.54, 1.807) is 0 Å². The predicted octanol–water partition coefficient (Wildman–Crippen LogP) is 4.66. The molecule has 2 aromatic rings. The zero-order valence-corrected chi connectivity index (χ0v) is 21.1. The third kappa shape index (κ3) is 5.61. The van der Waals surface area contributed by atoms with Crippen LogP contribution in [0.1, 0.15) is 56.2 Å². The van der Waals surface area contributed by atoms with E-state index in [1.807, 2.05) is 31.3 Å². The van der Waals surface area contributed by atoms with E-state index in [9.17, 15) is 0 Å². The van der Waals surface area contributed by atoms with Gasteiger partial charge in [-0.15, -0.1) is 24.0 Å². The van der Waals surface area contributed by atoms with Crippen LogP contribution in [-0.4, -0.2) is 37.2 Å². The number of anilines is 1. The average Bonchev–Trinajstić information content (AvgIpc) is 3.19. The molecule has 31 heavy (non-hydrogen) atoms. The van der Waals surface area contributed by atoms with Gasteiger partial charge >= 0.3 is 0 Å². The van der Waals surface area contributed by atoms with Gasteiger partial charge in [-0.25, -0.2) is 9.98 Å².